The van der Waals surface area contributed by atoms with Gasteiger partial charge in [-0.25, -0.2) is 4.79 Å². The van der Waals surface area contributed by atoms with E-state index in [-0.39, 0.29) is 18.4 Å². The predicted molar refractivity (Wildman–Crippen MR) is 95.0 cm³/mol. The highest BCUT2D eigenvalue weighted by Crippen LogP contribution is 2.26. The van der Waals surface area contributed by atoms with Gasteiger partial charge in [0.2, 0.25) is 5.91 Å². The first-order valence-corrected chi connectivity index (χ1v) is 8.86. The largest absolute Gasteiger partial charge is 0.341 e. The van der Waals surface area contributed by atoms with Crippen LogP contribution < -0.4 is 4.90 Å². The summed E-state index contributed by atoms with van der Waals surface area (Å²) >= 11 is 0. The molecule has 2 fully saturated rings. The second-order valence-corrected chi connectivity index (χ2v) is 7.33. The molecule has 3 unspecified atom stereocenters. The molecule has 1 aromatic carbocycles. The maximum atomic E-state index is 12.7. The summed E-state index contributed by atoms with van der Waals surface area (Å²) in [7, 11) is 0. The summed E-state index contributed by atoms with van der Waals surface area (Å²) in [6, 6.07) is 8.07. The summed E-state index contributed by atoms with van der Waals surface area (Å²) < 4.78 is 0. The lowest BCUT2D eigenvalue weighted by Gasteiger charge is -2.35. The van der Waals surface area contributed by atoms with Crippen LogP contribution in [0, 0.1) is 11.8 Å². The van der Waals surface area contributed by atoms with Crippen LogP contribution in [0.5, 0.6) is 0 Å². The summed E-state index contributed by atoms with van der Waals surface area (Å²) in [5.74, 6) is 0.414. The second-order valence-electron chi connectivity index (χ2n) is 7.33. The zero-order valence-corrected chi connectivity index (χ0v) is 15.0. The predicted octanol–water partition coefficient (Wildman–Crippen LogP) is 2.35. The van der Waals surface area contributed by atoms with Crippen molar-refractivity contribution >= 4 is 23.5 Å². The number of rotatable bonds is 3. The van der Waals surface area contributed by atoms with E-state index in [2.05, 4.69) is 13.8 Å². The van der Waals surface area contributed by atoms with Gasteiger partial charge in [-0.3, -0.25) is 19.4 Å². The van der Waals surface area contributed by atoms with Gasteiger partial charge in [0.05, 0.1) is 0 Å². The minimum Gasteiger partial charge on any atom is -0.341 e. The number of likely N-dealkylation sites (tertiary alicyclic amines) is 1. The van der Waals surface area contributed by atoms with Gasteiger partial charge in [-0.1, -0.05) is 32.0 Å². The van der Waals surface area contributed by atoms with Crippen LogP contribution in [-0.2, 0) is 9.59 Å². The number of anilines is 1. The molecule has 3 rings (SSSR count). The molecule has 0 N–H and O–H groups in total. The Kier molecular flexibility index (Phi) is 4.79. The molecule has 0 aliphatic carbocycles. The lowest BCUT2D eigenvalue weighted by atomic mass is 9.92. The van der Waals surface area contributed by atoms with Gasteiger partial charge < -0.3 is 4.90 Å². The maximum absolute atomic E-state index is 12.7. The number of piperidine rings is 1. The number of carbonyl (C=O) groups is 3. The molecule has 2 saturated heterocycles. The van der Waals surface area contributed by atoms with Crippen molar-refractivity contribution < 1.29 is 14.4 Å². The van der Waals surface area contributed by atoms with Crippen molar-refractivity contribution in [1.29, 1.82) is 0 Å². The van der Waals surface area contributed by atoms with Crippen molar-refractivity contribution in [2.75, 3.05) is 24.5 Å². The standard InChI is InChI=1S/C19H25N3O3/c1-13-9-14(2)11-20(10-13)17(23)12-21-18(24)15(3)22(19(21)25)16-7-5-4-6-8-16/h4-8,13-15H,9-12H2,1-3H3. The van der Waals surface area contributed by atoms with Crippen LogP contribution in [0.3, 0.4) is 0 Å². The van der Waals surface area contributed by atoms with E-state index in [1.54, 1.807) is 24.0 Å². The summed E-state index contributed by atoms with van der Waals surface area (Å²) in [4.78, 5) is 42.3. The Morgan fingerprint density at radius 2 is 1.64 bits per heavy atom. The van der Waals surface area contributed by atoms with Gasteiger partial charge in [-0.15, -0.1) is 0 Å². The molecule has 0 bridgehead atoms. The third-order valence-electron chi connectivity index (χ3n) is 5.00. The van der Waals surface area contributed by atoms with Gasteiger partial charge >= 0.3 is 6.03 Å². The van der Waals surface area contributed by atoms with E-state index in [1.807, 2.05) is 18.2 Å². The molecular weight excluding hydrogens is 318 g/mol. The van der Waals surface area contributed by atoms with Crippen LogP contribution in [0.2, 0.25) is 0 Å². The molecule has 0 spiro atoms. The highest BCUT2D eigenvalue weighted by molar-refractivity contribution is 6.15. The fourth-order valence-corrected chi connectivity index (χ4v) is 3.90. The molecule has 3 atom stereocenters. The van der Waals surface area contributed by atoms with Crippen LogP contribution >= 0.6 is 0 Å². The summed E-state index contributed by atoms with van der Waals surface area (Å²) in [6.45, 7) is 7.16. The number of amides is 4. The van der Waals surface area contributed by atoms with Crippen LogP contribution in [0.4, 0.5) is 10.5 Å². The molecule has 6 nitrogen and oxygen atoms in total. The average molecular weight is 343 g/mol. The van der Waals surface area contributed by atoms with Crippen LogP contribution in [0.25, 0.3) is 0 Å². The maximum Gasteiger partial charge on any atom is 0.332 e. The molecular formula is C19H25N3O3. The zero-order chi connectivity index (χ0) is 18.1. The fraction of sp³-hybridized carbons (Fsp3) is 0.526. The monoisotopic (exact) mass is 343 g/mol. The molecule has 4 amide bonds. The molecule has 2 aliphatic rings. The van der Waals surface area contributed by atoms with Crippen molar-refractivity contribution in [2.45, 2.75) is 33.2 Å². The number of para-hydroxylation sites is 1. The fourth-order valence-electron chi connectivity index (χ4n) is 3.90. The third kappa shape index (κ3) is 3.38. The van der Waals surface area contributed by atoms with Gasteiger partial charge in [-0.2, -0.15) is 0 Å². The normalized spacial score (nSPS) is 27.2. The first-order valence-electron chi connectivity index (χ1n) is 8.86. The number of carbonyl (C=O) groups excluding carboxylic acids is 3. The lowest BCUT2D eigenvalue weighted by Crippen LogP contribution is -2.48. The smallest absolute Gasteiger partial charge is 0.332 e. The Morgan fingerprint density at radius 1 is 1.04 bits per heavy atom. The first-order chi connectivity index (χ1) is 11.9. The average Bonchev–Trinajstić information content (AvgIpc) is 2.78. The second kappa shape index (κ2) is 6.86. The Labute approximate surface area is 148 Å². The Bertz CT molecular complexity index is 666. The minimum absolute atomic E-state index is 0.151. The van der Waals surface area contributed by atoms with E-state index < -0.39 is 12.1 Å². The van der Waals surface area contributed by atoms with E-state index in [1.165, 1.54) is 4.90 Å². The zero-order valence-electron chi connectivity index (χ0n) is 15.0. The van der Waals surface area contributed by atoms with Crippen molar-refractivity contribution in [1.82, 2.24) is 9.80 Å². The van der Waals surface area contributed by atoms with E-state index in [4.69, 9.17) is 0 Å². The van der Waals surface area contributed by atoms with Gasteiger partial charge in [0.1, 0.15) is 12.6 Å². The van der Waals surface area contributed by atoms with Crippen molar-refractivity contribution in [3.8, 4) is 0 Å². The van der Waals surface area contributed by atoms with Crippen molar-refractivity contribution in [3.63, 3.8) is 0 Å². The lowest BCUT2D eigenvalue weighted by molar-refractivity contribution is -0.139. The third-order valence-corrected chi connectivity index (χ3v) is 5.00. The number of hydrogen-bond acceptors (Lipinski definition) is 3. The first kappa shape index (κ1) is 17.5. The topological polar surface area (TPSA) is 60.9 Å². The molecule has 25 heavy (non-hydrogen) atoms. The molecule has 0 saturated carbocycles. The molecule has 0 aromatic heterocycles. The van der Waals surface area contributed by atoms with Crippen LogP contribution in [0.15, 0.2) is 30.3 Å². The van der Waals surface area contributed by atoms with E-state index in [9.17, 15) is 14.4 Å². The highest BCUT2D eigenvalue weighted by atomic mass is 16.2. The SMILES string of the molecule is CC1CC(C)CN(C(=O)CN2C(=O)C(C)N(c3ccccc3)C2=O)C1. The van der Waals surface area contributed by atoms with Gasteiger partial charge in [0.25, 0.3) is 5.91 Å². The number of benzene rings is 1. The van der Waals surface area contributed by atoms with E-state index >= 15 is 0 Å². The number of imide groups is 1. The summed E-state index contributed by atoms with van der Waals surface area (Å²) in [6.07, 6.45) is 1.10. The summed E-state index contributed by atoms with van der Waals surface area (Å²) in [5, 5.41) is 0. The van der Waals surface area contributed by atoms with Crippen molar-refractivity contribution in [3.05, 3.63) is 30.3 Å². The van der Waals surface area contributed by atoms with E-state index in [0.717, 1.165) is 11.3 Å². The Balaban J connectivity index is 1.73. The molecule has 6 heteroatoms. The van der Waals surface area contributed by atoms with Crippen molar-refractivity contribution in [2.24, 2.45) is 11.8 Å². The number of urea groups is 1. The molecule has 2 heterocycles. The van der Waals surface area contributed by atoms with E-state index in [0.29, 0.717) is 30.6 Å². The molecule has 134 valence electrons. The highest BCUT2D eigenvalue weighted by Gasteiger charge is 2.44. The van der Waals surface area contributed by atoms with Crippen LogP contribution in [0.1, 0.15) is 27.2 Å². The molecule has 1 aromatic rings. The van der Waals surface area contributed by atoms with Gasteiger partial charge in [0.15, 0.2) is 0 Å². The molecule has 0 radical (unpaired) electrons. The van der Waals surface area contributed by atoms with Crippen LogP contribution in [-0.4, -0.2) is 53.3 Å². The summed E-state index contributed by atoms with van der Waals surface area (Å²) in [5.41, 5.74) is 0.670. The Hall–Kier alpha value is -2.37. The quantitative estimate of drug-likeness (QED) is 0.792. The van der Waals surface area contributed by atoms with Gasteiger partial charge in [0, 0.05) is 18.8 Å². The minimum atomic E-state index is -0.595. The number of nitrogens with zero attached hydrogens (tertiary/aromatic N) is 3. The van der Waals surface area contributed by atoms with Gasteiger partial charge in [-0.05, 0) is 37.3 Å². The Morgan fingerprint density at radius 3 is 2.24 bits per heavy atom. The molecule has 2 aliphatic heterocycles. The number of hydrogen-bond donors (Lipinski definition) is 0.